The van der Waals surface area contributed by atoms with Gasteiger partial charge in [0.05, 0.1) is 6.21 Å². The van der Waals surface area contributed by atoms with Crippen LogP contribution in [0.5, 0.6) is 5.75 Å². The van der Waals surface area contributed by atoms with Crippen LogP contribution in [0.4, 0.5) is 5.95 Å². The molecule has 2 aromatic carbocycles. The summed E-state index contributed by atoms with van der Waals surface area (Å²) in [5, 5.41) is 11.4. The van der Waals surface area contributed by atoms with Gasteiger partial charge in [0.15, 0.2) is 0 Å². The molecule has 3 N–H and O–H groups in total. The number of nitrogens with zero attached hydrogens (tertiary/aromatic N) is 4. The van der Waals surface area contributed by atoms with Gasteiger partial charge in [-0.3, -0.25) is 0 Å². The van der Waals surface area contributed by atoms with Crippen molar-refractivity contribution in [2.24, 2.45) is 5.10 Å². The summed E-state index contributed by atoms with van der Waals surface area (Å²) in [6, 6.07) is 17.7. The van der Waals surface area contributed by atoms with E-state index in [1.54, 1.807) is 6.21 Å². The van der Waals surface area contributed by atoms with Crippen molar-refractivity contribution in [3.05, 3.63) is 72.1 Å². The number of aromatic nitrogens is 3. The lowest BCUT2D eigenvalue weighted by Gasteiger charge is -2.06. The molecular formula is C16H16N6O. The Balaban J connectivity index is 1.53. The molecular weight excluding hydrogens is 292 g/mol. The number of hydrogen-bond donors (Lipinski definition) is 2. The second-order valence-electron chi connectivity index (χ2n) is 4.78. The molecule has 0 saturated heterocycles. The van der Waals surface area contributed by atoms with Crippen molar-refractivity contribution < 1.29 is 4.74 Å². The molecule has 0 aliphatic heterocycles. The highest BCUT2D eigenvalue weighted by molar-refractivity contribution is 5.80. The number of nitrogens with two attached hydrogens (primary N) is 1. The van der Waals surface area contributed by atoms with E-state index in [1.807, 2.05) is 54.6 Å². The molecule has 3 aromatic rings. The van der Waals surface area contributed by atoms with Gasteiger partial charge in [-0.25, -0.2) is 10.1 Å². The third-order valence-electron chi connectivity index (χ3n) is 3.08. The lowest BCUT2D eigenvalue weighted by molar-refractivity contribution is 0.306. The second-order valence-corrected chi connectivity index (χ2v) is 4.78. The number of hydrazone groups is 1. The second kappa shape index (κ2) is 7.08. The number of anilines is 1. The van der Waals surface area contributed by atoms with Crippen molar-refractivity contribution in [2.45, 2.75) is 6.61 Å². The predicted octanol–water partition coefficient (Wildman–Crippen LogP) is 2.02. The van der Waals surface area contributed by atoms with E-state index in [0.29, 0.717) is 12.6 Å². The van der Waals surface area contributed by atoms with Gasteiger partial charge >= 0.3 is 0 Å². The molecule has 0 fully saturated rings. The average Bonchev–Trinajstić information content (AvgIpc) is 3.00. The van der Waals surface area contributed by atoms with Crippen LogP contribution >= 0.6 is 0 Å². The molecule has 116 valence electrons. The standard InChI is InChI=1S/C16H16N6O/c17-22-12-19-21-16(22)20-18-10-13-6-8-15(9-7-13)23-11-14-4-2-1-3-5-14/h1-10,12H,11,17H2,(H,20,21)/b18-10+. The Morgan fingerprint density at radius 1 is 1.13 bits per heavy atom. The van der Waals surface area contributed by atoms with Crippen molar-refractivity contribution in [3.63, 3.8) is 0 Å². The first-order valence-electron chi connectivity index (χ1n) is 7.02. The number of nitrogens with one attached hydrogen (secondary N) is 1. The number of benzene rings is 2. The molecule has 7 heteroatoms. The summed E-state index contributed by atoms with van der Waals surface area (Å²) in [5.74, 6) is 6.73. The fraction of sp³-hybridized carbons (Fsp3) is 0.0625. The van der Waals surface area contributed by atoms with Crippen molar-refractivity contribution in [1.29, 1.82) is 0 Å². The van der Waals surface area contributed by atoms with E-state index < -0.39 is 0 Å². The van der Waals surface area contributed by atoms with Crippen LogP contribution in [0.15, 0.2) is 66.0 Å². The number of hydrogen-bond acceptors (Lipinski definition) is 6. The molecule has 1 heterocycles. The lowest BCUT2D eigenvalue weighted by atomic mass is 10.2. The van der Waals surface area contributed by atoms with Crippen LogP contribution in [-0.2, 0) is 6.61 Å². The Bertz CT molecular complexity index is 767. The lowest BCUT2D eigenvalue weighted by Crippen LogP contribution is -2.10. The first-order valence-corrected chi connectivity index (χ1v) is 7.02. The monoisotopic (exact) mass is 308 g/mol. The Morgan fingerprint density at radius 3 is 2.61 bits per heavy atom. The molecule has 0 radical (unpaired) electrons. The number of rotatable bonds is 6. The number of nitrogen functional groups attached to an aromatic ring is 1. The Kier molecular flexibility index (Phi) is 4.49. The van der Waals surface area contributed by atoms with Crippen molar-refractivity contribution >= 4 is 12.2 Å². The van der Waals surface area contributed by atoms with Gasteiger partial charge < -0.3 is 10.6 Å². The van der Waals surface area contributed by atoms with E-state index in [-0.39, 0.29) is 0 Å². The van der Waals surface area contributed by atoms with Gasteiger partial charge in [-0.2, -0.15) is 5.10 Å². The minimum atomic E-state index is 0.365. The van der Waals surface area contributed by atoms with Crippen LogP contribution < -0.4 is 16.0 Å². The molecule has 0 saturated carbocycles. The predicted molar refractivity (Wildman–Crippen MR) is 88.6 cm³/mol. The van der Waals surface area contributed by atoms with Crippen LogP contribution in [-0.4, -0.2) is 21.1 Å². The zero-order valence-electron chi connectivity index (χ0n) is 12.3. The first-order chi connectivity index (χ1) is 11.3. The number of ether oxygens (including phenoxy) is 1. The fourth-order valence-corrected chi connectivity index (χ4v) is 1.88. The van der Waals surface area contributed by atoms with Crippen LogP contribution in [0, 0.1) is 0 Å². The van der Waals surface area contributed by atoms with E-state index in [0.717, 1.165) is 16.9 Å². The smallest absolute Gasteiger partial charge is 0.263 e. The van der Waals surface area contributed by atoms with E-state index in [9.17, 15) is 0 Å². The van der Waals surface area contributed by atoms with Crippen LogP contribution in [0.2, 0.25) is 0 Å². The van der Waals surface area contributed by atoms with Crippen molar-refractivity contribution in [3.8, 4) is 5.75 Å². The highest BCUT2D eigenvalue weighted by atomic mass is 16.5. The van der Waals surface area contributed by atoms with E-state index in [2.05, 4.69) is 20.7 Å². The topological polar surface area (TPSA) is 90.4 Å². The summed E-state index contributed by atoms with van der Waals surface area (Å²) in [5.41, 5.74) is 4.76. The van der Waals surface area contributed by atoms with Gasteiger partial charge in [-0.05, 0) is 35.4 Å². The summed E-state index contributed by atoms with van der Waals surface area (Å²) in [6.07, 6.45) is 3.05. The molecule has 0 spiro atoms. The van der Waals surface area contributed by atoms with Crippen LogP contribution in [0.3, 0.4) is 0 Å². The molecule has 7 nitrogen and oxygen atoms in total. The summed E-state index contributed by atoms with van der Waals surface area (Å²) >= 11 is 0. The van der Waals surface area contributed by atoms with Crippen molar-refractivity contribution in [1.82, 2.24) is 14.9 Å². The van der Waals surface area contributed by atoms with E-state index in [1.165, 1.54) is 11.0 Å². The molecule has 23 heavy (non-hydrogen) atoms. The van der Waals surface area contributed by atoms with Crippen LogP contribution in [0.1, 0.15) is 11.1 Å². The quantitative estimate of drug-likeness (QED) is 0.413. The fourth-order valence-electron chi connectivity index (χ4n) is 1.88. The maximum absolute atomic E-state index is 5.73. The Morgan fingerprint density at radius 2 is 1.91 bits per heavy atom. The average molecular weight is 308 g/mol. The summed E-state index contributed by atoms with van der Waals surface area (Å²) in [7, 11) is 0. The molecule has 0 amide bonds. The minimum absolute atomic E-state index is 0.365. The third kappa shape index (κ3) is 4.07. The summed E-state index contributed by atoms with van der Waals surface area (Å²) in [6.45, 7) is 0.544. The first kappa shape index (κ1) is 14.6. The SMILES string of the molecule is Nn1cnnc1N/N=C/c1ccc(OCc2ccccc2)cc1. The van der Waals surface area contributed by atoms with Gasteiger partial charge in [0.25, 0.3) is 5.95 Å². The zero-order valence-corrected chi connectivity index (χ0v) is 12.3. The van der Waals surface area contributed by atoms with Gasteiger partial charge in [-0.1, -0.05) is 30.3 Å². The molecule has 1 aromatic heterocycles. The van der Waals surface area contributed by atoms with Crippen LogP contribution in [0.25, 0.3) is 0 Å². The van der Waals surface area contributed by atoms with Gasteiger partial charge in [0, 0.05) is 0 Å². The Hall–Kier alpha value is -3.35. The maximum Gasteiger partial charge on any atom is 0.263 e. The third-order valence-corrected chi connectivity index (χ3v) is 3.08. The molecule has 3 rings (SSSR count). The van der Waals surface area contributed by atoms with Gasteiger partial charge in [0.1, 0.15) is 18.7 Å². The summed E-state index contributed by atoms with van der Waals surface area (Å²) in [4.78, 5) is 0. The molecule has 0 aliphatic carbocycles. The molecule has 0 bridgehead atoms. The van der Waals surface area contributed by atoms with E-state index in [4.69, 9.17) is 10.6 Å². The maximum atomic E-state index is 5.73. The normalized spacial score (nSPS) is 10.8. The Labute approximate surface area is 133 Å². The molecule has 0 unspecified atom stereocenters. The minimum Gasteiger partial charge on any atom is -0.489 e. The highest BCUT2D eigenvalue weighted by Gasteiger charge is 1.98. The zero-order chi connectivity index (χ0) is 15.9. The van der Waals surface area contributed by atoms with Gasteiger partial charge in [0.2, 0.25) is 0 Å². The van der Waals surface area contributed by atoms with Crippen molar-refractivity contribution in [2.75, 3.05) is 11.3 Å². The van der Waals surface area contributed by atoms with E-state index >= 15 is 0 Å². The molecule has 0 atom stereocenters. The van der Waals surface area contributed by atoms with Gasteiger partial charge in [-0.15, -0.1) is 10.2 Å². The molecule has 0 aliphatic rings. The summed E-state index contributed by atoms with van der Waals surface area (Å²) < 4.78 is 6.98. The highest BCUT2D eigenvalue weighted by Crippen LogP contribution is 2.13. The largest absolute Gasteiger partial charge is 0.489 e.